The highest BCUT2D eigenvalue weighted by atomic mass is 32.1. The molecule has 1 N–H and O–H groups in total. The fraction of sp³-hybridized carbons (Fsp3) is 0.500. The Morgan fingerprint density at radius 1 is 1.57 bits per heavy atom. The molecule has 1 aliphatic rings. The van der Waals surface area contributed by atoms with E-state index >= 15 is 0 Å². The van der Waals surface area contributed by atoms with Crippen LogP contribution in [0.1, 0.15) is 12.8 Å². The molecule has 0 amide bonds. The number of nitro groups is 1. The third-order valence-electron chi connectivity index (χ3n) is 3.96. The lowest BCUT2D eigenvalue weighted by molar-refractivity contribution is -0.382. The predicted octanol–water partition coefficient (Wildman–Crippen LogP) is 2.96. The molecular weight excluding hydrogens is 288 g/mol. The monoisotopic (exact) mass is 306 g/mol. The number of nitro benzene ring substituents is 1. The normalized spacial score (nSPS) is 19.8. The van der Waals surface area contributed by atoms with Crippen LogP contribution in [0.5, 0.6) is 0 Å². The molecule has 112 valence electrons. The van der Waals surface area contributed by atoms with Crippen LogP contribution in [0.25, 0.3) is 10.2 Å². The minimum absolute atomic E-state index is 0.0953. The fourth-order valence-electron chi connectivity index (χ4n) is 2.94. The van der Waals surface area contributed by atoms with Crippen molar-refractivity contribution in [3.05, 3.63) is 27.8 Å². The topological polar surface area (TPSA) is 71.3 Å². The lowest BCUT2D eigenvalue weighted by atomic mass is 9.98. The number of fused-ring (bicyclic) bond motifs is 1. The fourth-order valence-corrected chi connectivity index (χ4v) is 3.62. The van der Waals surface area contributed by atoms with Gasteiger partial charge in [-0.1, -0.05) is 0 Å². The smallest absolute Gasteiger partial charge is 0.319 e. The van der Waals surface area contributed by atoms with Crippen LogP contribution in [0.2, 0.25) is 0 Å². The summed E-state index contributed by atoms with van der Waals surface area (Å²) in [6.07, 6.45) is 2.36. The number of nitrogens with one attached hydrogen (secondary N) is 1. The summed E-state index contributed by atoms with van der Waals surface area (Å²) < 4.78 is 0.852. The van der Waals surface area contributed by atoms with Crippen LogP contribution in [0.3, 0.4) is 0 Å². The molecular formula is C14H18N4O2S. The Bertz CT molecular complexity index is 657. The van der Waals surface area contributed by atoms with Crippen molar-refractivity contribution in [1.29, 1.82) is 0 Å². The second-order valence-corrected chi connectivity index (χ2v) is 6.46. The standard InChI is InChI=1S/C14H18N4O2S/c1-17-6-2-3-10(8-17)7-15-11-4-5-12-13(16-9-21-12)14(11)18(19)20/h4-5,9-10,15H,2-3,6-8H2,1H3. The van der Waals surface area contributed by atoms with Crippen molar-refractivity contribution in [2.45, 2.75) is 12.8 Å². The molecule has 6 nitrogen and oxygen atoms in total. The van der Waals surface area contributed by atoms with Crippen LogP contribution in [0, 0.1) is 16.0 Å². The number of hydrogen-bond acceptors (Lipinski definition) is 6. The zero-order chi connectivity index (χ0) is 14.8. The van der Waals surface area contributed by atoms with Crippen molar-refractivity contribution < 1.29 is 4.92 Å². The Kier molecular flexibility index (Phi) is 4.03. The number of nitrogens with zero attached hydrogens (tertiary/aromatic N) is 3. The molecule has 1 aromatic carbocycles. The van der Waals surface area contributed by atoms with E-state index < -0.39 is 0 Å². The summed E-state index contributed by atoms with van der Waals surface area (Å²) in [6, 6.07) is 3.69. The molecule has 1 aromatic heterocycles. The maximum atomic E-state index is 11.4. The zero-order valence-electron chi connectivity index (χ0n) is 11.9. The molecule has 0 saturated carbocycles. The first kappa shape index (κ1) is 14.2. The summed E-state index contributed by atoms with van der Waals surface area (Å²) in [5.74, 6) is 0.537. The Balaban J connectivity index is 1.80. The molecule has 2 aromatic rings. The number of thiazole rings is 1. The van der Waals surface area contributed by atoms with E-state index in [1.807, 2.05) is 6.07 Å². The third kappa shape index (κ3) is 2.98. The molecule has 1 atom stereocenters. The van der Waals surface area contributed by atoms with Gasteiger partial charge in [-0.3, -0.25) is 10.1 Å². The minimum atomic E-state index is -0.336. The number of aromatic nitrogens is 1. The van der Waals surface area contributed by atoms with Gasteiger partial charge in [-0.15, -0.1) is 11.3 Å². The van der Waals surface area contributed by atoms with Crippen LogP contribution in [0.4, 0.5) is 11.4 Å². The van der Waals surface area contributed by atoms with Crippen molar-refractivity contribution in [3.63, 3.8) is 0 Å². The first-order chi connectivity index (χ1) is 10.1. The van der Waals surface area contributed by atoms with Crippen molar-refractivity contribution in [2.75, 3.05) is 32.0 Å². The maximum absolute atomic E-state index is 11.4. The summed E-state index contributed by atoms with van der Waals surface area (Å²) in [4.78, 5) is 17.5. The van der Waals surface area contributed by atoms with Gasteiger partial charge in [-0.05, 0) is 44.5 Å². The molecule has 1 unspecified atom stereocenters. The van der Waals surface area contributed by atoms with Gasteiger partial charge in [0, 0.05) is 13.1 Å². The molecule has 7 heteroatoms. The van der Waals surface area contributed by atoms with E-state index in [4.69, 9.17) is 0 Å². The first-order valence-electron chi connectivity index (χ1n) is 7.08. The minimum Gasteiger partial charge on any atom is -0.379 e. The van der Waals surface area contributed by atoms with E-state index in [0.29, 0.717) is 17.1 Å². The SMILES string of the molecule is CN1CCCC(CNc2ccc3scnc3c2[N+](=O)[O-])C1. The Morgan fingerprint density at radius 3 is 3.19 bits per heavy atom. The quantitative estimate of drug-likeness (QED) is 0.694. The molecule has 21 heavy (non-hydrogen) atoms. The molecule has 1 fully saturated rings. The molecule has 3 rings (SSSR count). The van der Waals surface area contributed by atoms with E-state index in [1.54, 1.807) is 11.6 Å². The lowest BCUT2D eigenvalue weighted by Gasteiger charge is -2.29. The zero-order valence-corrected chi connectivity index (χ0v) is 12.7. The van der Waals surface area contributed by atoms with Gasteiger partial charge >= 0.3 is 5.69 Å². The Labute approximate surface area is 126 Å². The molecule has 1 saturated heterocycles. The Morgan fingerprint density at radius 2 is 2.43 bits per heavy atom. The van der Waals surface area contributed by atoms with Gasteiger partial charge in [0.05, 0.1) is 15.1 Å². The van der Waals surface area contributed by atoms with Gasteiger partial charge in [0.1, 0.15) is 5.69 Å². The highest BCUT2D eigenvalue weighted by molar-refractivity contribution is 7.16. The Hall–Kier alpha value is -1.73. The van der Waals surface area contributed by atoms with Crippen LogP contribution >= 0.6 is 11.3 Å². The average molecular weight is 306 g/mol. The number of benzene rings is 1. The number of rotatable bonds is 4. The predicted molar refractivity (Wildman–Crippen MR) is 85.0 cm³/mol. The van der Waals surface area contributed by atoms with E-state index in [2.05, 4.69) is 22.2 Å². The highest BCUT2D eigenvalue weighted by Gasteiger charge is 2.22. The van der Waals surface area contributed by atoms with Crippen LogP contribution in [-0.2, 0) is 0 Å². The van der Waals surface area contributed by atoms with Gasteiger partial charge in [0.2, 0.25) is 0 Å². The van der Waals surface area contributed by atoms with Crippen molar-refractivity contribution >= 4 is 32.9 Å². The van der Waals surface area contributed by atoms with E-state index in [9.17, 15) is 10.1 Å². The van der Waals surface area contributed by atoms with Crippen LogP contribution < -0.4 is 5.32 Å². The molecule has 0 spiro atoms. The average Bonchev–Trinajstić information content (AvgIpc) is 2.92. The van der Waals surface area contributed by atoms with Crippen molar-refractivity contribution in [2.24, 2.45) is 5.92 Å². The van der Waals surface area contributed by atoms with Gasteiger partial charge in [-0.25, -0.2) is 4.98 Å². The lowest BCUT2D eigenvalue weighted by Crippen LogP contribution is -2.35. The third-order valence-corrected chi connectivity index (χ3v) is 4.76. The van der Waals surface area contributed by atoms with Gasteiger partial charge < -0.3 is 10.2 Å². The molecule has 0 radical (unpaired) electrons. The van der Waals surface area contributed by atoms with Crippen molar-refractivity contribution in [1.82, 2.24) is 9.88 Å². The maximum Gasteiger partial charge on any atom is 0.319 e. The molecule has 0 bridgehead atoms. The summed E-state index contributed by atoms with van der Waals surface area (Å²) >= 11 is 1.42. The van der Waals surface area contributed by atoms with E-state index in [0.717, 1.165) is 24.3 Å². The molecule has 1 aliphatic heterocycles. The first-order valence-corrected chi connectivity index (χ1v) is 7.96. The van der Waals surface area contributed by atoms with Gasteiger partial charge in [0.25, 0.3) is 0 Å². The van der Waals surface area contributed by atoms with Crippen molar-refractivity contribution in [3.8, 4) is 0 Å². The summed E-state index contributed by atoms with van der Waals surface area (Å²) in [6.45, 7) is 2.95. The van der Waals surface area contributed by atoms with Crippen LogP contribution in [-0.4, -0.2) is 41.5 Å². The second kappa shape index (κ2) is 5.95. The van der Waals surface area contributed by atoms with Gasteiger partial charge in [-0.2, -0.15) is 0 Å². The van der Waals surface area contributed by atoms with E-state index in [-0.39, 0.29) is 10.6 Å². The molecule has 2 heterocycles. The highest BCUT2D eigenvalue weighted by Crippen LogP contribution is 2.34. The summed E-state index contributed by atoms with van der Waals surface area (Å²) in [7, 11) is 2.12. The number of hydrogen-bond donors (Lipinski definition) is 1. The second-order valence-electron chi connectivity index (χ2n) is 5.57. The molecule has 0 aliphatic carbocycles. The number of anilines is 1. The summed E-state index contributed by atoms with van der Waals surface area (Å²) in [5, 5.41) is 14.6. The van der Waals surface area contributed by atoms with Gasteiger partial charge in [0.15, 0.2) is 5.52 Å². The van der Waals surface area contributed by atoms with Crippen LogP contribution in [0.15, 0.2) is 17.6 Å². The summed E-state index contributed by atoms with van der Waals surface area (Å²) in [5.41, 5.74) is 2.80. The number of likely N-dealkylation sites (tertiary alicyclic amines) is 1. The van der Waals surface area contributed by atoms with E-state index in [1.165, 1.54) is 24.2 Å². The largest absolute Gasteiger partial charge is 0.379 e. The number of piperidine rings is 1.